The summed E-state index contributed by atoms with van der Waals surface area (Å²) >= 11 is 0. The van der Waals surface area contributed by atoms with Crippen LogP contribution in [-0.4, -0.2) is 32.7 Å². The molecule has 3 heteroatoms. The summed E-state index contributed by atoms with van der Waals surface area (Å²) in [6.45, 7) is 2.98. The molecule has 1 heterocycles. The summed E-state index contributed by atoms with van der Waals surface area (Å²) in [6.07, 6.45) is 2.49. The van der Waals surface area contributed by atoms with Gasteiger partial charge in [0.15, 0.2) is 0 Å². The molecule has 0 aromatic heterocycles. The topological polar surface area (TPSA) is 35.5 Å². The van der Waals surface area contributed by atoms with Gasteiger partial charge in [-0.25, -0.2) is 0 Å². The zero-order chi connectivity index (χ0) is 7.94. The molecule has 1 fully saturated rings. The van der Waals surface area contributed by atoms with Crippen LogP contribution in [0.3, 0.4) is 0 Å². The molecule has 0 spiro atoms. The highest BCUT2D eigenvalue weighted by molar-refractivity contribution is 5.49. The van der Waals surface area contributed by atoms with Gasteiger partial charge in [0.1, 0.15) is 6.29 Å². The molecular weight excluding hydrogens is 144 g/mol. The molecule has 0 N–H and O–H groups in total. The van der Waals surface area contributed by atoms with E-state index in [-0.39, 0.29) is 0 Å². The second-order valence-corrected chi connectivity index (χ2v) is 2.76. The quantitative estimate of drug-likeness (QED) is 0.435. The third-order valence-corrected chi connectivity index (χ3v) is 1.76. The summed E-state index contributed by atoms with van der Waals surface area (Å²) in [6, 6.07) is 0. The molecule has 1 saturated heterocycles. The summed E-state index contributed by atoms with van der Waals surface area (Å²) in [5.74, 6) is 0.557. The van der Waals surface area contributed by atoms with Crippen molar-refractivity contribution in [3.8, 4) is 0 Å². The van der Waals surface area contributed by atoms with Gasteiger partial charge in [-0.15, -0.1) is 0 Å². The number of carbonyl (C=O) groups excluding carboxylic acids is 1. The van der Waals surface area contributed by atoms with Crippen LogP contribution in [0.1, 0.15) is 12.8 Å². The summed E-state index contributed by atoms with van der Waals surface area (Å²) in [4.78, 5) is 9.90. The highest BCUT2D eigenvalue weighted by Gasteiger charge is 2.14. The molecule has 0 aromatic rings. The molecule has 0 radical (unpaired) electrons. The van der Waals surface area contributed by atoms with E-state index in [1.165, 1.54) is 0 Å². The second kappa shape index (κ2) is 5.27. The molecule has 0 bridgehead atoms. The maximum Gasteiger partial charge on any atom is 0.122 e. The van der Waals surface area contributed by atoms with E-state index in [2.05, 4.69) is 0 Å². The average molecular weight is 158 g/mol. The van der Waals surface area contributed by atoms with Crippen LogP contribution < -0.4 is 0 Å². The van der Waals surface area contributed by atoms with Crippen molar-refractivity contribution < 1.29 is 14.3 Å². The van der Waals surface area contributed by atoms with Crippen molar-refractivity contribution >= 4 is 6.29 Å². The van der Waals surface area contributed by atoms with Crippen molar-refractivity contribution in [2.45, 2.75) is 12.8 Å². The first-order valence-corrected chi connectivity index (χ1v) is 4.02. The Balaban J connectivity index is 1.89. The van der Waals surface area contributed by atoms with E-state index in [4.69, 9.17) is 9.47 Å². The van der Waals surface area contributed by atoms with Crippen molar-refractivity contribution in [2.75, 3.05) is 26.4 Å². The van der Waals surface area contributed by atoms with Crippen molar-refractivity contribution in [3.63, 3.8) is 0 Å². The standard InChI is InChI=1S/C8H14O3/c9-3-1-4-10-6-8-2-5-11-7-8/h3,8H,1-2,4-7H2. The van der Waals surface area contributed by atoms with E-state index in [9.17, 15) is 4.79 Å². The lowest BCUT2D eigenvalue weighted by Crippen LogP contribution is -2.09. The van der Waals surface area contributed by atoms with Crippen molar-refractivity contribution in [2.24, 2.45) is 5.92 Å². The largest absolute Gasteiger partial charge is 0.381 e. The minimum atomic E-state index is 0.508. The first kappa shape index (κ1) is 8.68. The van der Waals surface area contributed by atoms with Gasteiger partial charge in [-0.1, -0.05) is 0 Å². The fourth-order valence-electron chi connectivity index (χ4n) is 1.10. The molecule has 3 nitrogen and oxygen atoms in total. The molecule has 0 amide bonds. The van der Waals surface area contributed by atoms with E-state index in [1.807, 2.05) is 0 Å². The number of hydrogen-bond donors (Lipinski definition) is 0. The number of carbonyl (C=O) groups is 1. The van der Waals surface area contributed by atoms with Crippen molar-refractivity contribution in [1.82, 2.24) is 0 Å². The SMILES string of the molecule is O=CCCOCC1CCOC1. The van der Waals surface area contributed by atoms with Crippen LogP contribution in [-0.2, 0) is 14.3 Å². The predicted octanol–water partition coefficient (Wildman–Crippen LogP) is 0.629. The fourth-order valence-corrected chi connectivity index (χ4v) is 1.10. The van der Waals surface area contributed by atoms with Crippen LogP contribution in [0.4, 0.5) is 0 Å². The first-order chi connectivity index (χ1) is 5.43. The molecular formula is C8H14O3. The summed E-state index contributed by atoms with van der Waals surface area (Å²) < 4.78 is 10.4. The number of aldehydes is 1. The first-order valence-electron chi connectivity index (χ1n) is 4.02. The lowest BCUT2D eigenvalue weighted by Gasteiger charge is -2.06. The Morgan fingerprint density at radius 1 is 1.64 bits per heavy atom. The van der Waals surface area contributed by atoms with Crippen LogP contribution in [0.25, 0.3) is 0 Å². The third-order valence-electron chi connectivity index (χ3n) is 1.76. The van der Waals surface area contributed by atoms with Gasteiger partial charge < -0.3 is 14.3 Å². The summed E-state index contributed by atoms with van der Waals surface area (Å²) in [5.41, 5.74) is 0. The summed E-state index contributed by atoms with van der Waals surface area (Å²) in [7, 11) is 0. The maximum atomic E-state index is 9.90. The minimum Gasteiger partial charge on any atom is -0.381 e. The zero-order valence-electron chi connectivity index (χ0n) is 6.62. The van der Waals surface area contributed by atoms with E-state index in [0.717, 1.165) is 32.5 Å². The Bertz CT molecular complexity index is 108. The van der Waals surface area contributed by atoms with Gasteiger partial charge in [0.05, 0.1) is 19.8 Å². The normalized spacial score (nSPS) is 23.8. The monoisotopic (exact) mass is 158 g/mol. The van der Waals surface area contributed by atoms with Crippen LogP contribution in [0.5, 0.6) is 0 Å². The van der Waals surface area contributed by atoms with Gasteiger partial charge in [-0.3, -0.25) is 0 Å². The van der Waals surface area contributed by atoms with Gasteiger partial charge >= 0.3 is 0 Å². The van der Waals surface area contributed by atoms with Gasteiger partial charge in [0.25, 0.3) is 0 Å². The minimum absolute atomic E-state index is 0.508. The van der Waals surface area contributed by atoms with Crippen molar-refractivity contribution in [1.29, 1.82) is 0 Å². The van der Waals surface area contributed by atoms with Gasteiger partial charge in [-0.2, -0.15) is 0 Å². The smallest absolute Gasteiger partial charge is 0.122 e. The number of hydrogen-bond acceptors (Lipinski definition) is 3. The second-order valence-electron chi connectivity index (χ2n) is 2.76. The molecule has 1 aliphatic rings. The van der Waals surface area contributed by atoms with Crippen LogP contribution in [0.15, 0.2) is 0 Å². The van der Waals surface area contributed by atoms with E-state index >= 15 is 0 Å². The molecule has 0 aliphatic carbocycles. The molecule has 11 heavy (non-hydrogen) atoms. The van der Waals surface area contributed by atoms with Gasteiger partial charge in [-0.05, 0) is 6.42 Å². The molecule has 0 aromatic carbocycles. The van der Waals surface area contributed by atoms with Crippen LogP contribution in [0.2, 0.25) is 0 Å². The highest BCUT2D eigenvalue weighted by Crippen LogP contribution is 2.11. The Labute approximate surface area is 66.7 Å². The number of rotatable bonds is 5. The molecule has 0 saturated carbocycles. The fraction of sp³-hybridized carbons (Fsp3) is 0.875. The molecule has 1 unspecified atom stereocenters. The van der Waals surface area contributed by atoms with Crippen LogP contribution in [0, 0.1) is 5.92 Å². The molecule has 64 valence electrons. The van der Waals surface area contributed by atoms with Crippen molar-refractivity contribution in [3.05, 3.63) is 0 Å². The highest BCUT2D eigenvalue weighted by atomic mass is 16.5. The zero-order valence-corrected chi connectivity index (χ0v) is 6.62. The lowest BCUT2D eigenvalue weighted by molar-refractivity contribution is -0.108. The van der Waals surface area contributed by atoms with E-state index in [1.54, 1.807) is 0 Å². The molecule has 1 atom stereocenters. The van der Waals surface area contributed by atoms with Crippen LogP contribution >= 0.6 is 0 Å². The predicted molar refractivity (Wildman–Crippen MR) is 40.4 cm³/mol. The molecule has 1 rings (SSSR count). The van der Waals surface area contributed by atoms with Gasteiger partial charge in [0.2, 0.25) is 0 Å². The van der Waals surface area contributed by atoms with E-state index < -0.39 is 0 Å². The molecule has 1 aliphatic heterocycles. The number of ether oxygens (including phenoxy) is 2. The third kappa shape index (κ3) is 3.49. The van der Waals surface area contributed by atoms with E-state index in [0.29, 0.717) is 18.9 Å². The van der Waals surface area contributed by atoms with Gasteiger partial charge in [0, 0.05) is 18.9 Å². The Morgan fingerprint density at radius 3 is 3.18 bits per heavy atom. The average Bonchev–Trinajstić information content (AvgIpc) is 2.50. The lowest BCUT2D eigenvalue weighted by atomic mass is 10.1. The Morgan fingerprint density at radius 2 is 2.55 bits per heavy atom. The Hall–Kier alpha value is -0.410. The summed E-state index contributed by atoms with van der Waals surface area (Å²) in [5, 5.41) is 0. The Kier molecular flexibility index (Phi) is 4.16. The maximum absolute atomic E-state index is 9.90.